The minimum Gasteiger partial charge on any atom is -0.372 e. The van der Waals surface area contributed by atoms with Gasteiger partial charge in [0.1, 0.15) is 5.82 Å². The summed E-state index contributed by atoms with van der Waals surface area (Å²) < 4.78 is 1.48. The van der Waals surface area contributed by atoms with Gasteiger partial charge in [-0.05, 0) is 56.1 Å². The van der Waals surface area contributed by atoms with Crippen molar-refractivity contribution < 1.29 is 4.79 Å². The summed E-state index contributed by atoms with van der Waals surface area (Å²) >= 11 is 12.6. The van der Waals surface area contributed by atoms with Crippen LogP contribution in [0.15, 0.2) is 39.4 Å². The SMILES string of the molecule is CNc1ncc(Br)cc1C(=O)Nc1cc(Cl)ccc1Br. The van der Waals surface area contributed by atoms with E-state index >= 15 is 0 Å². The molecule has 1 heterocycles. The van der Waals surface area contributed by atoms with Crippen LogP contribution in [0.1, 0.15) is 10.4 Å². The molecule has 4 nitrogen and oxygen atoms in total. The minimum atomic E-state index is -0.272. The summed E-state index contributed by atoms with van der Waals surface area (Å²) in [4.78, 5) is 16.5. The molecule has 0 aliphatic rings. The van der Waals surface area contributed by atoms with Crippen LogP contribution in [0.5, 0.6) is 0 Å². The van der Waals surface area contributed by atoms with Crippen molar-refractivity contribution in [3.63, 3.8) is 0 Å². The van der Waals surface area contributed by atoms with Crippen molar-refractivity contribution in [2.24, 2.45) is 0 Å². The van der Waals surface area contributed by atoms with Gasteiger partial charge in [0.25, 0.3) is 5.91 Å². The molecule has 7 heteroatoms. The summed E-state index contributed by atoms with van der Waals surface area (Å²) in [7, 11) is 1.71. The van der Waals surface area contributed by atoms with Crippen LogP contribution < -0.4 is 10.6 Å². The highest BCUT2D eigenvalue weighted by Gasteiger charge is 2.14. The number of pyridine rings is 1. The van der Waals surface area contributed by atoms with Crippen molar-refractivity contribution in [2.45, 2.75) is 0 Å². The second-order valence-electron chi connectivity index (χ2n) is 3.88. The van der Waals surface area contributed by atoms with E-state index in [0.29, 0.717) is 22.1 Å². The molecule has 0 radical (unpaired) electrons. The topological polar surface area (TPSA) is 54.0 Å². The van der Waals surface area contributed by atoms with Gasteiger partial charge in [-0.15, -0.1) is 0 Å². The molecule has 0 spiro atoms. The fourth-order valence-electron chi connectivity index (χ4n) is 1.59. The number of nitrogens with zero attached hydrogens (tertiary/aromatic N) is 1. The van der Waals surface area contributed by atoms with Crippen LogP contribution in [-0.4, -0.2) is 17.9 Å². The third-order valence-corrected chi connectivity index (χ3v) is 3.87. The first kappa shape index (κ1) is 15.3. The van der Waals surface area contributed by atoms with Crippen molar-refractivity contribution >= 4 is 60.9 Å². The molecule has 1 aromatic heterocycles. The van der Waals surface area contributed by atoms with Crippen LogP contribution in [0.25, 0.3) is 0 Å². The van der Waals surface area contributed by atoms with Crippen LogP contribution in [0.2, 0.25) is 5.02 Å². The fourth-order valence-corrected chi connectivity index (χ4v) is 2.44. The van der Waals surface area contributed by atoms with Gasteiger partial charge in [-0.25, -0.2) is 4.98 Å². The molecule has 2 N–H and O–H groups in total. The van der Waals surface area contributed by atoms with Gasteiger partial charge in [0.2, 0.25) is 0 Å². The maximum absolute atomic E-state index is 12.3. The molecule has 1 amide bonds. The summed E-state index contributed by atoms with van der Waals surface area (Å²) in [5, 5.41) is 6.23. The maximum atomic E-state index is 12.3. The van der Waals surface area contributed by atoms with Crippen molar-refractivity contribution in [1.29, 1.82) is 0 Å². The summed E-state index contributed by atoms with van der Waals surface area (Å²) in [6.07, 6.45) is 1.62. The van der Waals surface area contributed by atoms with Crippen molar-refractivity contribution in [2.75, 3.05) is 17.7 Å². The van der Waals surface area contributed by atoms with Crippen LogP contribution in [0, 0.1) is 0 Å². The zero-order chi connectivity index (χ0) is 14.7. The predicted molar refractivity (Wildman–Crippen MR) is 88.6 cm³/mol. The molecule has 1 aromatic carbocycles. The first-order valence-electron chi connectivity index (χ1n) is 5.61. The number of nitrogens with one attached hydrogen (secondary N) is 2. The molecule has 0 bridgehead atoms. The van der Waals surface area contributed by atoms with Crippen LogP contribution >= 0.6 is 43.5 Å². The molecular formula is C13H10Br2ClN3O. The zero-order valence-electron chi connectivity index (χ0n) is 10.4. The van der Waals surface area contributed by atoms with Crippen molar-refractivity contribution in [3.8, 4) is 0 Å². The first-order valence-corrected chi connectivity index (χ1v) is 7.57. The van der Waals surface area contributed by atoms with E-state index in [-0.39, 0.29) is 5.91 Å². The lowest BCUT2D eigenvalue weighted by molar-refractivity contribution is 0.102. The highest BCUT2D eigenvalue weighted by Crippen LogP contribution is 2.27. The van der Waals surface area contributed by atoms with E-state index in [1.54, 1.807) is 37.5 Å². The molecule has 20 heavy (non-hydrogen) atoms. The largest absolute Gasteiger partial charge is 0.372 e. The fraction of sp³-hybridized carbons (Fsp3) is 0.0769. The van der Waals surface area contributed by atoms with E-state index in [1.165, 1.54) is 0 Å². The molecule has 0 saturated heterocycles. The number of hydrogen-bond donors (Lipinski definition) is 2. The van der Waals surface area contributed by atoms with Gasteiger partial charge in [-0.3, -0.25) is 4.79 Å². The van der Waals surface area contributed by atoms with Gasteiger partial charge >= 0.3 is 0 Å². The van der Waals surface area contributed by atoms with Gasteiger partial charge in [0, 0.05) is 27.2 Å². The second kappa shape index (κ2) is 6.56. The second-order valence-corrected chi connectivity index (χ2v) is 6.08. The Morgan fingerprint density at radius 1 is 1.30 bits per heavy atom. The summed E-state index contributed by atoms with van der Waals surface area (Å²) in [5.74, 6) is 0.231. The van der Waals surface area contributed by atoms with E-state index in [2.05, 4.69) is 47.5 Å². The van der Waals surface area contributed by atoms with Gasteiger partial charge in [0.15, 0.2) is 0 Å². The lowest BCUT2D eigenvalue weighted by Gasteiger charge is -2.11. The normalized spacial score (nSPS) is 10.2. The van der Waals surface area contributed by atoms with Gasteiger partial charge in [0.05, 0.1) is 11.3 Å². The maximum Gasteiger partial charge on any atom is 0.259 e. The van der Waals surface area contributed by atoms with Crippen molar-refractivity contribution in [3.05, 3.63) is 50.0 Å². The minimum absolute atomic E-state index is 0.272. The number of amides is 1. The van der Waals surface area contributed by atoms with Gasteiger partial charge in [-0.2, -0.15) is 0 Å². The summed E-state index contributed by atoms with van der Waals surface area (Å²) in [6.45, 7) is 0. The number of carbonyl (C=O) groups is 1. The zero-order valence-corrected chi connectivity index (χ0v) is 14.3. The number of halogens is 3. The average molecular weight is 420 g/mol. The van der Waals surface area contributed by atoms with Crippen LogP contribution in [0.3, 0.4) is 0 Å². The van der Waals surface area contributed by atoms with Gasteiger partial charge in [-0.1, -0.05) is 11.6 Å². The molecule has 0 fully saturated rings. The van der Waals surface area contributed by atoms with E-state index in [0.717, 1.165) is 8.95 Å². The number of rotatable bonds is 3. The summed E-state index contributed by atoms with van der Waals surface area (Å²) in [5.41, 5.74) is 1.04. The van der Waals surface area contributed by atoms with Crippen LogP contribution in [-0.2, 0) is 0 Å². The molecule has 0 unspecified atom stereocenters. The van der Waals surface area contributed by atoms with Gasteiger partial charge < -0.3 is 10.6 Å². The Balaban J connectivity index is 2.32. The Kier molecular flexibility index (Phi) is 5.01. The van der Waals surface area contributed by atoms with E-state index in [1.807, 2.05) is 0 Å². The molecule has 2 rings (SSSR count). The lowest BCUT2D eigenvalue weighted by Crippen LogP contribution is -2.15. The molecule has 0 saturated carbocycles. The number of aromatic nitrogens is 1. The monoisotopic (exact) mass is 417 g/mol. The average Bonchev–Trinajstić information content (AvgIpc) is 2.42. The molecule has 0 atom stereocenters. The molecule has 0 aliphatic heterocycles. The Labute approximate surface area is 138 Å². The smallest absolute Gasteiger partial charge is 0.259 e. The third kappa shape index (κ3) is 3.50. The predicted octanol–water partition coefficient (Wildman–Crippen LogP) is 4.55. The number of anilines is 2. The lowest BCUT2D eigenvalue weighted by atomic mass is 10.2. The highest BCUT2D eigenvalue weighted by molar-refractivity contribution is 9.10. The molecule has 0 aliphatic carbocycles. The number of hydrogen-bond acceptors (Lipinski definition) is 3. The number of benzene rings is 1. The molecule has 104 valence electrons. The Hall–Kier alpha value is -1.11. The van der Waals surface area contributed by atoms with E-state index < -0.39 is 0 Å². The highest BCUT2D eigenvalue weighted by atomic mass is 79.9. The van der Waals surface area contributed by atoms with E-state index in [9.17, 15) is 4.79 Å². The molecule has 2 aromatic rings. The Morgan fingerprint density at radius 2 is 2.05 bits per heavy atom. The first-order chi connectivity index (χ1) is 9.51. The van der Waals surface area contributed by atoms with Crippen molar-refractivity contribution in [1.82, 2.24) is 4.98 Å². The third-order valence-electron chi connectivity index (χ3n) is 2.51. The Morgan fingerprint density at radius 3 is 2.75 bits per heavy atom. The molecular weight excluding hydrogens is 409 g/mol. The standard InChI is InChI=1S/C13H10Br2ClN3O/c1-17-12-9(4-7(14)6-18-12)13(20)19-11-5-8(16)2-3-10(11)15/h2-6H,1H3,(H,17,18)(H,19,20). The van der Waals surface area contributed by atoms with Crippen LogP contribution in [0.4, 0.5) is 11.5 Å². The van der Waals surface area contributed by atoms with E-state index in [4.69, 9.17) is 11.6 Å². The Bertz CT molecular complexity index is 664. The number of carbonyl (C=O) groups excluding carboxylic acids is 1. The summed E-state index contributed by atoms with van der Waals surface area (Å²) in [6, 6.07) is 6.89. The quantitative estimate of drug-likeness (QED) is 0.767.